The van der Waals surface area contributed by atoms with Crippen LogP contribution in [0.3, 0.4) is 0 Å². The van der Waals surface area contributed by atoms with Gasteiger partial charge in [0.1, 0.15) is 12.6 Å². The maximum atomic E-state index is 13.7. The number of hydrogen-bond acceptors (Lipinski definition) is 4. The minimum atomic E-state index is -3.76. The van der Waals surface area contributed by atoms with Gasteiger partial charge in [-0.1, -0.05) is 75.2 Å². The Hall–Kier alpha value is -2.87. The molecule has 2 rings (SSSR count). The Bertz CT molecular complexity index is 1110. The van der Waals surface area contributed by atoms with Gasteiger partial charge in [0.05, 0.1) is 11.9 Å². The summed E-state index contributed by atoms with van der Waals surface area (Å²) in [5.41, 5.74) is 3.23. The van der Waals surface area contributed by atoms with E-state index in [4.69, 9.17) is 0 Å². The van der Waals surface area contributed by atoms with Crippen molar-refractivity contribution in [3.8, 4) is 0 Å². The van der Waals surface area contributed by atoms with Gasteiger partial charge in [-0.25, -0.2) is 8.42 Å². The first-order valence-corrected chi connectivity index (χ1v) is 14.0. The first-order valence-electron chi connectivity index (χ1n) is 12.1. The fourth-order valence-corrected chi connectivity index (χ4v) is 4.79. The standard InChI is InChI=1S/C27H39N3O4S/c1-7-8-16-28-27(32)22(5)29(18-23-13-11-12-21(4)17-23)26(31)19-30(35(6,33)34)25-15-10-9-14-24(25)20(2)3/h9-15,17,20,22H,7-8,16,18-19H2,1-6H3,(H,28,32). The summed E-state index contributed by atoms with van der Waals surface area (Å²) in [6, 6.07) is 14.2. The molecule has 0 radical (unpaired) electrons. The lowest BCUT2D eigenvalue weighted by atomic mass is 10.0. The highest BCUT2D eigenvalue weighted by atomic mass is 32.2. The van der Waals surface area contributed by atoms with Gasteiger partial charge in [0.15, 0.2) is 0 Å². The number of anilines is 1. The Kier molecular flexibility index (Phi) is 10.3. The summed E-state index contributed by atoms with van der Waals surface area (Å²) < 4.78 is 26.8. The Morgan fingerprint density at radius 1 is 1.03 bits per heavy atom. The molecule has 0 bridgehead atoms. The van der Waals surface area contributed by atoms with E-state index in [1.807, 2.05) is 64.1 Å². The van der Waals surface area contributed by atoms with Crippen LogP contribution in [0.25, 0.3) is 0 Å². The van der Waals surface area contributed by atoms with Crippen molar-refractivity contribution < 1.29 is 18.0 Å². The number of aryl methyl sites for hydroxylation is 1. The van der Waals surface area contributed by atoms with E-state index in [2.05, 4.69) is 5.32 Å². The summed E-state index contributed by atoms with van der Waals surface area (Å²) in [6.45, 7) is 9.99. The van der Waals surface area contributed by atoms with Crippen LogP contribution in [0.1, 0.15) is 63.1 Å². The molecule has 7 nitrogen and oxygen atoms in total. The first-order chi connectivity index (χ1) is 16.5. The SMILES string of the molecule is CCCCNC(=O)C(C)N(Cc1cccc(C)c1)C(=O)CN(c1ccccc1C(C)C)S(C)(=O)=O. The van der Waals surface area contributed by atoms with E-state index in [1.165, 1.54) is 4.90 Å². The van der Waals surface area contributed by atoms with E-state index in [0.29, 0.717) is 12.2 Å². The smallest absolute Gasteiger partial charge is 0.244 e. The molecule has 1 unspecified atom stereocenters. The molecule has 8 heteroatoms. The maximum Gasteiger partial charge on any atom is 0.244 e. The second-order valence-corrected chi connectivity index (χ2v) is 11.2. The number of nitrogens with zero attached hydrogens (tertiary/aromatic N) is 2. The van der Waals surface area contributed by atoms with Crippen molar-refractivity contribution in [2.24, 2.45) is 0 Å². The summed E-state index contributed by atoms with van der Waals surface area (Å²) in [7, 11) is -3.76. The first kappa shape index (κ1) is 28.4. The number of carbonyl (C=O) groups excluding carboxylic acids is 2. The van der Waals surface area contributed by atoms with E-state index in [-0.39, 0.29) is 24.9 Å². The fourth-order valence-electron chi connectivity index (χ4n) is 3.92. The average Bonchev–Trinajstić information content (AvgIpc) is 2.79. The topological polar surface area (TPSA) is 86.8 Å². The maximum absolute atomic E-state index is 13.7. The van der Waals surface area contributed by atoms with Gasteiger partial charge in [0.2, 0.25) is 21.8 Å². The molecule has 2 aromatic carbocycles. The van der Waals surface area contributed by atoms with E-state index < -0.39 is 22.0 Å². The van der Waals surface area contributed by atoms with Gasteiger partial charge in [-0.2, -0.15) is 0 Å². The monoisotopic (exact) mass is 501 g/mol. The van der Waals surface area contributed by atoms with Gasteiger partial charge in [0.25, 0.3) is 0 Å². The zero-order valence-corrected chi connectivity index (χ0v) is 22.6. The Morgan fingerprint density at radius 2 is 1.71 bits per heavy atom. The normalized spacial score (nSPS) is 12.3. The third kappa shape index (κ3) is 8.09. The van der Waals surface area contributed by atoms with Crippen LogP contribution in [-0.2, 0) is 26.2 Å². The van der Waals surface area contributed by atoms with Gasteiger partial charge in [-0.3, -0.25) is 13.9 Å². The van der Waals surface area contributed by atoms with Crippen molar-refractivity contribution in [2.45, 2.75) is 66.0 Å². The molecular weight excluding hydrogens is 462 g/mol. The van der Waals surface area contributed by atoms with Crippen molar-refractivity contribution in [2.75, 3.05) is 23.7 Å². The predicted molar refractivity (Wildman–Crippen MR) is 142 cm³/mol. The number of nitrogens with one attached hydrogen (secondary N) is 1. The highest BCUT2D eigenvalue weighted by Gasteiger charge is 2.31. The van der Waals surface area contributed by atoms with Crippen LogP contribution in [0.2, 0.25) is 0 Å². The summed E-state index contributed by atoms with van der Waals surface area (Å²) in [5, 5.41) is 2.89. The lowest BCUT2D eigenvalue weighted by molar-refractivity contribution is -0.139. The number of para-hydroxylation sites is 1. The zero-order chi connectivity index (χ0) is 26.2. The molecule has 35 heavy (non-hydrogen) atoms. The van der Waals surface area contributed by atoms with E-state index in [0.717, 1.165) is 40.1 Å². The molecule has 0 aromatic heterocycles. The summed E-state index contributed by atoms with van der Waals surface area (Å²) in [4.78, 5) is 28.0. The van der Waals surface area contributed by atoms with E-state index in [9.17, 15) is 18.0 Å². The summed E-state index contributed by atoms with van der Waals surface area (Å²) in [5.74, 6) is -0.626. The van der Waals surface area contributed by atoms with Crippen LogP contribution in [-0.4, -0.2) is 50.5 Å². The van der Waals surface area contributed by atoms with Gasteiger partial charge in [0, 0.05) is 13.1 Å². The second kappa shape index (κ2) is 12.7. The third-order valence-corrected chi connectivity index (χ3v) is 7.07. The number of benzene rings is 2. The molecule has 1 N–H and O–H groups in total. The van der Waals surface area contributed by atoms with Gasteiger partial charge in [-0.05, 0) is 43.4 Å². The molecule has 1 atom stereocenters. The molecule has 2 aromatic rings. The molecule has 0 fully saturated rings. The average molecular weight is 502 g/mol. The van der Waals surface area contributed by atoms with Crippen molar-refractivity contribution in [1.29, 1.82) is 0 Å². The number of rotatable bonds is 12. The number of carbonyl (C=O) groups is 2. The van der Waals surface area contributed by atoms with Crippen molar-refractivity contribution in [3.05, 3.63) is 65.2 Å². The number of sulfonamides is 1. The predicted octanol–water partition coefficient (Wildman–Crippen LogP) is 4.22. The van der Waals surface area contributed by atoms with Crippen LogP contribution in [0.4, 0.5) is 5.69 Å². The molecule has 0 aliphatic heterocycles. The van der Waals surface area contributed by atoms with Crippen molar-refractivity contribution in [3.63, 3.8) is 0 Å². The van der Waals surface area contributed by atoms with E-state index >= 15 is 0 Å². The second-order valence-electron chi connectivity index (χ2n) is 9.31. The summed E-state index contributed by atoms with van der Waals surface area (Å²) in [6.07, 6.45) is 2.89. The lowest BCUT2D eigenvalue weighted by Crippen LogP contribution is -2.51. The molecular formula is C27H39N3O4S. The van der Waals surface area contributed by atoms with Gasteiger partial charge in [-0.15, -0.1) is 0 Å². The zero-order valence-electron chi connectivity index (χ0n) is 21.7. The molecule has 0 heterocycles. The highest BCUT2D eigenvalue weighted by Crippen LogP contribution is 2.29. The van der Waals surface area contributed by atoms with Crippen molar-refractivity contribution in [1.82, 2.24) is 10.2 Å². The fraction of sp³-hybridized carbons (Fsp3) is 0.481. The number of hydrogen-bond donors (Lipinski definition) is 1. The molecule has 0 aliphatic carbocycles. The molecule has 192 valence electrons. The van der Waals surface area contributed by atoms with Crippen LogP contribution in [0, 0.1) is 6.92 Å². The molecule has 0 spiro atoms. The molecule has 0 saturated carbocycles. The van der Waals surface area contributed by atoms with Crippen molar-refractivity contribution >= 4 is 27.5 Å². The van der Waals surface area contributed by atoms with Gasteiger partial charge >= 0.3 is 0 Å². The van der Waals surface area contributed by atoms with Crippen LogP contribution in [0.5, 0.6) is 0 Å². The summed E-state index contributed by atoms with van der Waals surface area (Å²) >= 11 is 0. The largest absolute Gasteiger partial charge is 0.354 e. The number of amides is 2. The Morgan fingerprint density at radius 3 is 2.31 bits per heavy atom. The van der Waals surface area contributed by atoms with Gasteiger partial charge < -0.3 is 10.2 Å². The quantitative estimate of drug-likeness (QED) is 0.441. The lowest BCUT2D eigenvalue weighted by Gasteiger charge is -2.32. The molecule has 2 amide bonds. The molecule has 0 aliphatic rings. The minimum absolute atomic E-state index is 0.0669. The van der Waals surface area contributed by atoms with E-state index in [1.54, 1.807) is 19.1 Å². The number of unbranched alkanes of at least 4 members (excludes halogenated alkanes) is 1. The Labute approximate surface area is 210 Å². The minimum Gasteiger partial charge on any atom is -0.354 e. The molecule has 0 saturated heterocycles. The third-order valence-electron chi connectivity index (χ3n) is 5.94. The highest BCUT2D eigenvalue weighted by molar-refractivity contribution is 7.92. The van der Waals surface area contributed by atoms with Crippen LogP contribution >= 0.6 is 0 Å². The Balaban J connectivity index is 2.42. The van der Waals surface area contributed by atoms with Crippen LogP contribution < -0.4 is 9.62 Å². The van der Waals surface area contributed by atoms with Crippen LogP contribution in [0.15, 0.2) is 48.5 Å².